The molecule has 2 aliphatic heterocycles. The Kier molecular flexibility index (Phi) is 2.48. The molecule has 2 heterocycles. The second-order valence-corrected chi connectivity index (χ2v) is 6.33. The van der Waals surface area contributed by atoms with Crippen molar-refractivity contribution in [1.82, 2.24) is 5.32 Å². The number of carbonyl (C=O) groups is 1. The summed E-state index contributed by atoms with van der Waals surface area (Å²) >= 11 is 0. The van der Waals surface area contributed by atoms with Gasteiger partial charge in [-0.1, -0.05) is 0 Å². The lowest BCUT2D eigenvalue weighted by Gasteiger charge is -2.36. The molecule has 0 bridgehead atoms. The van der Waals surface area contributed by atoms with E-state index in [0.29, 0.717) is 6.42 Å². The van der Waals surface area contributed by atoms with Gasteiger partial charge in [0.25, 0.3) is 0 Å². The van der Waals surface area contributed by atoms with Gasteiger partial charge in [-0.15, -0.1) is 0 Å². The van der Waals surface area contributed by atoms with E-state index in [-0.39, 0.29) is 24.7 Å². The maximum Gasteiger partial charge on any atom is 0.334 e. The molecule has 86 valence electrons. The highest BCUT2D eigenvalue weighted by Crippen LogP contribution is 2.26. The van der Waals surface area contributed by atoms with Crippen LogP contribution >= 0.6 is 0 Å². The largest absolute Gasteiger partial charge is 0.479 e. The Morgan fingerprint density at radius 1 is 1.53 bits per heavy atom. The van der Waals surface area contributed by atoms with Crippen LogP contribution in [0.4, 0.5) is 0 Å². The number of nitrogens with one attached hydrogen (secondary N) is 1. The van der Waals surface area contributed by atoms with Crippen molar-refractivity contribution in [2.24, 2.45) is 0 Å². The summed E-state index contributed by atoms with van der Waals surface area (Å²) in [6.07, 6.45) is -0.360. The zero-order chi connectivity index (χ0) is 11.1. The summed E-state index contributed by atoms with van der Waals surface area (Å²) in [6.45, 7) is 0.327. The van der Waals surface area contributed by atoms with Crippen molar-refractivity contribution in [3.05, 3.63) is 0 Å². The summed E-state index contributed by atoms with van der Waals surface area (Å²) in [7, 11) is -2.98. The molecule has 2 saturated heterocycles. The van der Waals surface area contributed by atoms with Gasteiger partial charge in [-0.05, 0) is 6.42 Å². The topological polar surface area (TPSA) is 92.7 Å². The normalized spacial score (nSPS) is 39.3. The molecule has 2 fully saturated rings. The van der Waals surface area contributed by atoms with Gasteiger partial charge in [0, 0.05) is 6.54 Å². The lowest BCUT2D eigenvalue weighted by Crippen LogP contribution is -2.59. The smallest absolute Gasteiger partial charge is 0.334 e. The van der Waals surface area contributed by atoms with Gasteiger partial charge in [-0.2, -0.15) is 0 Å². The molecule has 6 nitrogen and oxygen atoms in total. The van der Waals surface area contributed by atoms with Crippen LogP contribution in [0.3, 0.4) is 0 Å². The lowest BCUT2D eigenvalue weighted by atomic mass is 9.98. The van der Waals surface area contributed by atoms with Gasteiger partial charge in [0.2, 0.25) is 0 Å². The van der Waals surface area contributed by atoms with E-state index in [0.717, 1.165) is 0 Å². The van der Waals surface area contributed by atoms with Crippen LogP contribution in [-0.2, 0) is 19.4 Å². The molecule has 2 atom stereocenters. The molecule has 2 rings (SSSR count). The van der Waals surface area contributed by atoms with Crippen LogP contribution in [0.1, 0.15) is 6.42 Å². The molecular weight excluding hydrogens is 222 g/mol. The first kappa shape index (κ1) is 10.8. The van der Waals surface area contributed by atoms with E-state index in [1.54, 1.807) is 0 Å². The summed E-state index contributed by atoms with van der Waals surface area (Å²) in [4.78, 5) is 10.6. The van der Waals surface area contributed by atoms with Crippen molar-refractivity contribution in [1.29, 1.82) is 0 Å². The minimum Gasteiger partial charge on any atom is -0.479 e. The average molecular weight is 235 g/mol. The van der Waals surface area contributed by atoms with Crippen LogP contribution in [0.15, 0.2) is 0 Å². The number of hydrogen-bond acceptors (Lipinski definition) is 5. The molecule has 0 aliphatic carbocycles. The molecular formula is C8H13NO5S. The van der Waals surface area contributed by atoms with E-state index in [1.807, 2.05) is 0 Å². The third-order valence-corrected chi connectivity index (χ3v) is 4.71. The number of ether oxygens (including phenoxy) is 1. The summed E-state index contributed by atoms with van der Waals surface area (Å²) in [5, 5.41) is 11.7. The van der Waals surface area contributed by atoms with Crippen molar-refractivity contribution in [2.45, 2.75) is 18.1 Å². The van der Waals surface area contributed by atoms with Gasteiger partial charge in [0.15, 0.2) is 15.9 Å². The number of hydrogen-bond donors (Lipinski definition) is 2. The molecule has 2 N–H and O–H groups in total. The molecule has 0 aromatic carbocycles. The summed E-state index contributed by atoms with van der Waals surface area (Å²) in [6, 6.07) is 0. The standard InChI is InChI=1S/C8H13NO5S/c10-7(11)6-3-9-8(4-14-6)1-2-15(12,13)5-8/h6,9H,1-5H2,(H,10,11). The lowest BCUT2D eigenvalue weighted by molar-refractivity contribution is -0.155. The van der Waals surface area contributed by atoms with Gasteiger partial charge < -0.3 is 15.2 Å². The highest BCUT2D eigenvalue weighted by molar-refractivity contribution is 7.91. The van der Waals surface area contributed by atoms with Crippen LogP contribution in [0.2, 0.25) is 0 Å². The number of rotatable bonds is 1. The number of aliphatic carboxylic acids is 1. The first-order chi connectivity index (χ1) is 6.93. The predicted molar refractivity (Wildman–Crippen MR) is 51.4 cm³/mol. The van der Waals surface area contributed by atoms with Crippen LogP contribution in [0, 0.1) is 0 Å². The Morgan fingerprint density at radius 3 is 2.67 bits per heavy atom. The second-order valence-electron chi connectivity index (χ2n) is 4.14. The van der Waals surface area contributed by atoms with Crippen molar-refractivity contribution in [2.75, 3.05) is 24.7 Å². The van der Waals surface area contributed by atoms with E-state index in [9.17, 15) is 13.2 Å². The molecule has 15 heavy (non-hydrogen) atoms. The fourth-order valence-electron chi connectivity index (χ4n) is 2.01. The van der Waals surface area contributed by atoms with Gasteiger partial charge in [-0.3, -0.25) is 0 Å². The van der Waals surface area contributed by atoms with E-state index in [2.05, 4.69) is 5.32 Å². The summed E-state index contributed by atoms with van der Waals surface area (Å²) in [5.41, 5.74) is -0.551. The molecule has 2 aliphatic rings. The van der Waals surface area contributed by atoms with Crippen LogP contribution in [-0.4, -0.2) is 55.8 Å². The minimum atomic E-state index is -2.98. The first-order valence-electron chi connectivity index (χ1n) is 4.72. The van der Waals surface area contributed by atoms with Crippen LogP contribution in [0.25, 0.3) is 0 Å². The molecule has 0 amide bonds. The van der Waals surface area contributed by atoms with Crippen molar-refractivity contribution in [3.63, 3.8) is 0 Å². The van der Waals surface area contributed by atoms with Gasteiger partial charge in [-0.25, -0.2) is 13.2 Å². The number of carboxylic acids is 1. The molecule has 1 spiro atoms. The first-order valence-corrected chi connectivity index (χ1v) is 6.55. The number of morpholine rings is 1. The highest BCUT2D eigenvalue weighted by Gasteiger charge is 2.45. The van der Waals surface area contributed by atoms with Gasteiger partial charge in [0.05, 0.1) is 23.7 Å². The van der Waals surface area contributed by atoms with Gasteiger partial charge >= 0.3 is 5.97 Å². The Bertz CT molecular complexity index is 368. The summed E-state index contributed by atoms with van der Waals surface area (Å²) < 4.78 is 27.8. The van der Waals surface area contributed by atoms with Crippen LogP contribution < -0.4 is 5.32 Å². The minimum absolute atomic E-state index is 0.0480. The number of sulfone groups is 1. The Hall–Kier alpha value is -0.660. The third kappa shape index (κ3) is 2.14. The zero-order valence-electron chi connectivity index (χ0n) is 8.10. The third-order valence-electron chi connectivity index (χ3n) is 2.89. The average Bonchev–Trinajstić information content (AvgIpc) is 2.43. The maximum atomic E-state index is 11.3. The SMILES string of the molecule is O=C(O)C1CNC2(CCS(=O)(=O)C2)CO1. The predicted octanol–water partition coefficient (Wildman–Crippen LogP) is -1.38. The van der Waals surface area contributed by atoms with E-state index in [4.69, 9.17) is 9.84 Å². The number of carboxylic acid groups (broad SMARTS) is 1. The van der Waals surface area contributed by atoms with Crippen LogP contribution in [0.5, 0.6) is 0 Å². The quantitative estimate of drug-likeness (QED) is 0.581. The fraction of sp³-hybridized carbons (Fsp3) is 0.875. The monoisotopic (exact) mass is 235 g/mol. The van der Waals surface area contributed by atoms with Crippen molar-refractivity contribution >= 4 is 15.8 Å². The Balaban J connectivity index is 2.02. The Morgan fingerprint density at radius 2 is 2.27 bits per heavy atom. The molecule has 7 heteroatoms. The molecule has 0 radical (unpaired) electrons. The fourth-order valence-corrected chi connectivity index (χ4v) is 4.03. The second kappa shape index (κ2) is 3.43. The Labute approximate surface area is 87.5 Å². The maximum absolute atomic E-state index is 11.3. The van der Waals surface area contributed by atoms with E-state index in [1.165, 1.54) is 0 Å². The zero-order valence-corrected chi connectivity index (χ0v) is 8.92. The van der Waals surface area contributed by atoms with Crippen molar-refractivity contribution in [3.8, 4) is 0 Å². The highest BCUT2D eigenvalue weighted by atomic mass is 32.2. The molecule has 2 unspecified atom stereocenters. The van der Waals surface area contributed by atoms with Crippen molar-refractivity contribution < 1.29 is 23.1 Å². The van der Waals surface area contributed by atoms with Gasteiger partial charge in [0.1, 0.15) is 0 Å². The van der Waals surface area contributed by atoms with E-state index < -0.39 is 27.4 Å². The molecule has 0 saturated carbocycles. The summed E-state index contributed by atoms with van der Waals surface area (Å²) in [5.74, 6) is -0.814. The molecule has 0 aromatic rings. The van der Waals surface area contributed by atoms with E-state index >= 15 is 0 Å². The molecule has 0 aromatic heterocycles.